The van der Waals surface area contributed by atoms with Crippen molar-refractivity contribution in [1.82, 2.24) is 5.32 Å². The second-order valence-corrected chi connectivity index (χ2v) is 7.51. The van der Waals surface area contributed by atoms with E-state index in [4.69, 9.17) is 0 Å². The summed E-state index contributed by atoms with van der Waals surface area (Å²) in [6.45, 7) is 7.44. The molecule has 0 spiro atoms. The lowest BCUT2D eigenvalue weighted by molar-refractivity contribution is -0.137. The summed E-state index contributed by atoms with van der Waals surface area (Å²) in [4.78, 5) is 11.7. The first-order valence-electron chi connectivity index (χ1n) is 6.65. The molecule has 2 amide bonds. The smallest absolute Gasteiger partial charge is 0.336 e. The number of rotatable bonds is 4. The van der Waals surface area contributed by atoms with Gasteiger partial charge in [-0.05, 0) is 50.2 Å². The average Bonchev–Trinajstić information content (AvgIpc) is 2.35. The Kier molecular flexibility index (Phi) is 6.02. The number of benzene rings is 1. The third-order valence-electron chi connectivity index (χ3n) is 2.88. The van der Waals surface area contributed by atoms with Crippen molar-refractivity contribution in [3.05, 3.63) is 23.8 Å². The molecule has 0 heterocycles. The zero-order chi connectivity index (χ0) is 16.2. The minimum absolute atomic E-state index is 0.0442. The number of amides is 2. The maximum absolute atomic E-state index is 12.8. The van der Waals surface area contributed by atoms with E-state index in [0.29, 0.717) is 11.0 Å². The molecule has 0 aromatic heterocycles. The van der Waals surface area contributed by atoms with Crippen molar-refractivity contribution in [2.45, 2.75) is 33.0 Å². The van der Waals surface area contributed by atoms with E-state index in [2.05, 4.69) is 10.6 Å². The van der Waals surface area contributed by atoms with Gasteiger partial charge < -0.3 is 10.6 Å². The van der Waals surface area contributed by atoms with Gasteiger partial charge in [0.2, 0.25) is 0 Å². The fourth-order valence-electron chi connectivity index (χ4n) is 1.72. The summed E-state index contributed by atoms with van der Waals surface area (Å²) in [6, 6.07) is 3.00. The largest absolute Gasteiger partial charge is 0.416 e. The van der Waals surface area contributed by atoms with Gasteiger partial charge in [0.05, 0.1) is 11.3 Å². The van der Waals surface area contributed by atoms with Crippen molar-refractivity contribution in [1.29, 1.82) is 0 Å². The number of anilines is 1. The van der Waals surface area contributed by atoms with E-state index in [-0.39, 0.29) is 6.04 Å². The first-order chi connectivity index (χ1) is 9.65. The van der Waals surface area contributed by atoms with Crippen LogP contribution in [0.15, 0.2) is 18.2 Å². The van der Waals surface area contributed by atoms with E-state index in [9.17, 15) is 18.0 Å². The number of carbonyl (C=O) groups excluding carboxylic acids is 1. The molecule has 0 aliphatic heterocycles. The Bertz CT molecular complexity index is 503. The first kappa shape index (κ1) is 17.8. The van der Waals surface area contributed by atoms with Crippen molar-refractivity contribution in [3.63, 3.8) is 0 Å². The average molecular weight is 320 g/mol. The van der Waals surface area contributed by atoms with Gasteiger partial charge in [-0.25, -0.2) is 4.79 Å². The monoisotopic (exact) mass is 320 g/mol. The Labute approximate surface area is 124 Å². The van der Waals surface area contributed by atoms with Crippen LogP contribution in [0.1, 0.15) is 26.3 Å². The molecule has 1 unspecified atom stereocenters. The summed E-state index contributed by atoms with van der Waals surface area (Å²) in [5, 5.41) is 5.85. The van der Waals surface area contributed by atoms with Gasteiger partial charge in [-0.2, -0.15) is 13.2 Å². The van der Waals surface area contributed by atoms with Gasteiger partial charge in [0.15, 0.2) is 0 Å². The van der Waals surface area contributed by atoms with Gasteiger partial charge in [0.25, 0.3) is 0 Å². The van der Waals surface area contributed by atoms with Crippen LogP contribution in [0.2, 0.25) is 0 Å². The number of halogens is 3. The normalized spacial score (nSPS) is 13.1. The van der Waals surface area contributed by atoms with Crippen LogP contribution in [0.25, 0.3) is 0 Å². The molecule has 7 heteroatoms. The van der Waals surface area contributed by atoms with Crippen molar-refractivity contribution >= 4 is 24.9 Å². The molecule has 21 heavy (non-hydrogen) atoms. The van der Waals surface area contributed by atoms with Crippen molar-refractivity contribution in [2.75, 3.05) is 18.1 Å². The standard InChI is InChI=1S/C14H20F3N2OP/c1-5-21(4)12-8-10(14(15,16)17)6-7-11(12)19-13(20)18-9(2)3/h6-9H,5H2,1-4H3,(H2,18,19,20). The van der Waals surface area contributed by atoms with Gasteiger partial charge in [-0.15, -0.1) is 0 Å². The SMILES string of the molecule is CCP(C)c1cc(C(F)(F)F)ccc1NC(=O)NC(C)C. The fourth-order valence-corrected chi connectivity index (χ4v) is 2.96. The number of alkyl halides is 3. The Morgan fingerprint density at radius 1 is 1.33 bits per heavy atom. The summed E-state index contributed by atoms with van der Waals surface area (Å²) in [7, 11) is -0.751. The molecule has 2 N–H and O–H groups in total. The molecular weight excluding hydrogens is 300 g/mol. The third kappa shape index (κ3) is 5.20. The summed E-state index contributed by atoms with van der Waals surface area (Å²) < 4.78 is 38.4. The maximum atomic E-state index is 12.8. The van der Waals surface area contributed by atoms with Gasteiger partial charge in [-0.1, -0.05) is 14.8 Å². The molecule has 1 aromatic carbocycles. The van der Waals surface area contributed by atoms with Crippen molar-refractivity contribution < 1.29 is 18.0 Å². The zero-order valence-electron chi connectivity index (χ0n) is 12.5. The molecule has 0 bridgehead atoms. The summed E-state index contributed by atoms with van der Waals surface area (Å²) in [6.07, 6.45) is -3.63. The van der Waals surface area contributed by atoms with Crippen LogP contribution >= 0.6 is 7.92 Å². The predicted octanol–water partition coefficient (Wildman–Crippen LogP) is 3.99. The van der Waals surface area contributed by atoms with E-state index in [1.54, 1.807) is 0 Å². The number of hydrogen-bond acceptors (Lipinski definition) is 1. The number of hydrogen-bond donors (Lipinski definition) is 2. The Balaban J connectivity index is 3.11. The molecule has 3 nitrogen and oxygen atoms in total. The molecule has 0 aliphatic rings. The molecule has 0 radical (unpaired) electrons. The number of carbonyl (C=O) groups is 1. The highest BCUT2D eigenvalue weighted by Crippen LogP contribution is 2.36. The molecule has 0 aliphatic carbocycles. The molecule has 1 atom stereocenters. The van der Waals surface area contributed by atoms with Gasteiger partial charge in [0, 0.05) is 6.04 Å². The van der Waals surface area contributed by atoms with E-state index < -0.39 is 25.7 Å². The summed E-state index contributed by atoms with van der Waals surface area (Å²) in [5.74, 6) is 0. The van der Waals surface area contributed by atoms with Crippen LogP contribution in [0.3, 0.4) is 0 Å². The van der Waals surface area contributed by atoms with Crippen LogP contribution in [-0.4, -0.2) is 24.9 Å². The molecular formula is C14H20F3N2OP. The molecule has 0 saturated heterocycles. The van der Waals surface area contributed by atoms with E-state index in [1.807, 2.05) is 27.4 Å². The van der Waals surface area contributed by atoms with Crippen molar-refractivity contribution in [2.24, 2.45) is 0 Å². The summed E-state index contributed by atoms with van der Waals surface area (Å²) >= 11 is 0. The van der Waals surface area contributed by atoms with Crippen LogP contribution < -0.4 is 15.9 Å². The highest BCUT2D eigenvalue weighted by Gasteiger charge is 2.31. The second kappa shape index (κ2) is 7.12. The topological polar surface area (TPSA) is 41.1 Å². The summed E-state index contributed by atoms with van der Waals surface area (Å²) in [5.41, 5.74) is -0.244. The Morgan fingerprint density at radius 3 is 2.43 bits per heavy atom. The minimum Gasteiger partial charge on any atom is -0.336 e. The zero-order valence-corrected chi connectivity index (χ0v) is 13.4. The lowest BCUT2D eigenvalue weighted by Crippen LogP contribution is -2.35. The Morgan fingerprint density at radius 2 is 1.95 bits per heavy atom. The van der Waals surface area contributed by atoms with Crippen LogP contribution in [0.4, 0.5) is 23.7 Å². The molecule has 1 aromatic rings. The lowest BCUT2D eigenvalue weighted by atomic mass is 10.2. The van der Waals surface area contributed by atoms with Gasteiger partial charge in [-0.3, -0.25) is 0 Å². The van der Waals surface area contributed by atoms with Crippen LogP contribution in [0, 0.1) is 0 Å². The predicted molar refractivity (Wildman–Crippen MR) is 81.8 cm³/mol. The van der Waals surface area contributed by atoms with Crippen LogP contribution in [-0.2, 0) is 6.18 Å². The van der Waals surface area contributed by atoms with Gasteiger partial charge in [0.1, 0.15) is 0 Å². The van der Waals surface area contributed by atoms with Gasteiger partial charge >= 0.3 is 12.2 Å². The Hall–Kier alpha value is -1.29. The molecule has 0 saturated carbocycles. The third-order valence-corrected chi connectivity index (χ3v) is 5.02. The molecule has 118 valence electrons. The van der Waals surface area contributed by atoms with E-state index >= 15 is 0 Å². The molecule has 1 rings (SSSR count). The lowest BCUT2D eigenvalue weighted by Gasteiger charge is -2.19. The molecule has 0 fully saturated rings. The van der Waals surface area contributed by atoms with E-state index in [1.165, 1.54) is 6.07 Å². The quantitative estimate of drug-likeness (QED) is 0.809. The van der Waals surface area contributed by atoms with E-state index in [0.717, 1.165) is 18.3 Å². The highest BCUT2D eigenvalue weighted by atomic mass is 31.1. The fraction of sp³-hybridized carbons (Fsp3) is 0.500. The second-order valence-electron chi connectivity index (χ2n) is 5.00. The maximum Gasteiger partial charge on any atom is 0.416 e. The number of urea groups is 1. The van der Waals surface area contributed by atoms with Crippen LogP contribution in [0.5, 0.6) is 0 Å². The minimum atomic E-state index is -4.38. The number of nitrogens with one attached hydrogen (secondary N) is 2. The highest BCUT2D eigenvalue weighted by molar-refractivity contribution is 7.65. The van der Waals surface area contributed by atoms with Crippen molar-refractivity contribution in [3.8, 4) is 0 Å². The first-order valence-corrected chi connectivity index (χ1v) is 8.62.